The second-order valence-electron chi connectivity index (χ2n) is 6.53. The summed E-state index contributed by atoms with van der Waals surface area (Å²) >= 11 is 12.6. The van der Waals surface area contributed by atoms with E-state index in [4.69, 9.17) is 28.6 Å². The number of carbonyl (C=O) groups is 2. The van der Waals surface area contributed by atoms with Crippen LogP contribution in [0.3, 0.4) is 0 Å². The van der Waals surface area contributed by atoms with Crippen LogP contribution < -0.4 is 20.9 Å². The lowest BCUT2D eigenvalue weighted by molar-refractivity contribution is -0.118. The number of amides is 2. The van der Waals surface area contributed by atoms with Gasteiger partial charge in [0.05, 0.1) is 5.02 Å². The first kappa shape index (κ1) is 22.7. The van der Waals surface area contributed by atoms with Gasteiger partial charge in [0.15, 0.2) is 11.7 Å². The predicted molar refractivity (Wildman–Crippen MR) is 124 cm³/mol. The molecule has 3 N–H and O–H groups in total. The molecule has 1 heterocycles. The number of halogens is 2. The molecule has 0 radical (unpaired) electrons. The smallest absolute Gasteiger partial charge is 0.281 e. The molecule has 0 aliphatic heterocycles. The summed E-state index contributed by atoms with van der Waals surface area (Å²) in [5.74, 6) is -0.754. The van der Waals surface area contributed by atoms with Crippen molar-refractivity contribution >= 4 is 67.9 Å². The molecule has 11 heteroatoms. The summed E-state index contributed by atoms with van der Waals surface area (Å²) in [5.41, 5.74) is 5.61. The predicted octanol–water partition coefficient (Wildman–Crippen LogP) is 3.79. The number of nitrogens with zero attached hydrogens (tertiary/aromatic N) is 1. The first-order valence-corrected chi connectivity index (χ1v) is 10.5. The Morgan fingerprint density at radius 1 is 1.16 bits per heavy atom. The van der Waals surface area contributed by atoms with Crippen molar-refractivity contribution in [2.75, 3.05) is 26.0 Å². The Labute approximate surface area is 192 Å². The van der Waals surface area contributed by atoms with E-state index in [0.717, 1.165) is 4.70 Å². The minimum atomic E-state index is -0.420. The van der Waals surface area contributed by atoms with Gasteiger partial charge in [0, 0.05) is 29.9 Å². The summed E-state index contributed by atoms with van der Waals surface area (Å²) in [6, 6.07) is 10.5. The van der Waals surface area contributed by atoms with Crippen LogP contribution in [0, 0.1) is 5.82 Å². The molecule has 0 saturated heterocycles. The minimum Gasteiger partial charge on any atom is -0.484 e. The van der Waals surface area contributed by atoms with E-state index in [1.165, 1.54) is 35.6 Å². The van der Waals surface area contributed by atoms with Gasteiger partial charge in [-0.2, -0.15) is 0 Å². The molecule has 0 aliphatic rings. The quantitative estimate of drug-likeness (QED) is 0.381. The Morgan fingerprint density at radius 2 is 1.87 bits per heavy atom. The molecule has 2 amide bonds. The summed E-state index contributed by atoms with van der Waals surface area (Å²) in [7, 11) is 3.49. The number of ether oxygens (including phenoxy) is 1. The van der Waals surface area contributed by atoms with Gasteiger partial charge in [0.2, 0.25) is 0 Å². The van der Waals surface area contributed by atoms with E-state index in [2.05, 4.69) is 16.2 Å². The van der Waals surface area contributed by atoms with Crippen molar-refractivity contribution in [3.8, 4) is 5.75 Å². The zero-order valence-corrected chi connectivity index (χ0v) is 18.9. The van der Waals surface area contributed by atoms with Crippen molar-refractivity contribution in [3.05, 3.63) is 58.2 Å². The number of thiophene rings is 1. The Hall–Kier alpha value is -2.95. The number of hydrogen-bond donors (Lipinski definition) is 3. The van der Waals surface area contributed by atoms with E-state index in [0.29, 0.717) is 31.8 Å². The SMILES string of the molecule is CN(C)C(=S)NNC(=O)c1sc2cc(OCC(=O)Nc3ccc(F)cc3)ccc2c1Cl. The highest BCUT2D eigenvalue weighted by atomic mass is 35.5. The highest BCUT2D eigenvalue weighted by Gasteiger charge is 2.18. The summed E-state index contributed by atoms with van der Waals surface area (Å²) in [6.07, 6.45) is 0. The third-order valence-electron chi connectivity index (χ3n) is 3.99. The monoisotopic (exact) mass is 480 g/mol. The van der Waals surface area contributed by atoms with E-state index in [-0.39, 0.29) is 18.3 Å². The van der Waals surface area contributed by atoms with Crippen LogP contribution in [0.25, 0.3) is 10.1 Å². The van der Waals surface area contributed by atoms with Crippen LogP contribution >= 0.6 is 35.2 Å². The minimum absolute atomic E-state index is 0.235. The molecule has 0 aliphatic carbocycles. The zero-order chi connectivity index (χ0) is 22.5. The summed E-state index contributed by atoms with van der Waals surface area (Å²) < 4.78 is 19.2. The number of carbonyl (C=O) groups excluding carboxylic acids is 2. The highest BCUT2D eigenvalue weighted by Crippen LogP contribution is 2.37. The van der Waals surface area contributed by atoms with Crippen molar-refractivity contribution in [2.24, 2.45) is 0 Å². The summed E-state index contributed by atoms with van der Waals surface area (Å²) in [6.45, 7) is -0.235. The number of nitrogens with one attached hydrogen (secondary N) is 3. The van der Waals surface area contributed by atoms with Gasteiger partial charge in [-0.1, -0.05) is 11.6 Å². The van der Waals surface area contributed by atoms with Crippen LogP contribution in [-0.4, -0.2) is 42.5 Å². The third-order valence-corrected chi connectivity index (χ3v) is 6.12. The number of benzene rings is 2. The number of fused-ring (bicyclic) bond motifs is 1. The molecule has 3 aromatic rings. The van der Waals surface area contributed by atoms with Crippen molar-refractivity contribution in [1.82, 2.24) is 15.8 Å². The van der Waals surface area contributed by atoms with Gasteiger partial charge in [0.25, 0.3) is 11.8 Å². The first-order valence-electron chi connectivity index (χ1n) is 8.92. The number of hydrogen-bond acceptors (Lipinski definition) is 5. The molecule has 0 fully saturated rings. The Bertz CT molecular complexity index is 1140. The number of hydrazine groups is 1. The van der Waals surface area contributed by atoms with Gasteiger partial charge in [-0.15, -0.1) is 11.3 Å². The number of thiocarbonyl (C=S) groups is 1. The average Bonchev–Trinajstić information content (AvgIpc) is 3.07. The van der Waals surface area contributed by atoms with Gasteiger partial charge >= 0.3 is 0 Å². The fraction of sp³-hybridized carbons (Fsp3) is 0.150. The normalized spacial score (nSPS) is 10.5. The maximum Gasteiger partial charge on any atom is 0.281 e. The molecule has 2 aromatic carbocycles. The maximum atomic E-state index is 12.9. The fourth-order valence-corrected chi connectivity index (χ4v) is 3.93. The molecule has 7 nitrogen and oxygen atoms in total. The van der Waals surface area contributed by atoms with Crippen LogP contribution in [0.15, 0.2) is 42.5 Å². The summed E-state index contributed by atoms with van der Waals surface area (Å²) in [5, 5.41) is 3.97. The molecule has 0 spiro atoms. The van der Waals surface area contributed by atoms with Crippen LogP contribution in [0.1, 0.15) is 9.67 Å². The van der Waals surface area contributed by atoms with E-state index in [1.807, 2.05) is 0 Å². The molecular weight excluding hydrogens is 463 g/mol. The van der Waals surface area contributed by atoms with Gasteiger partial charge in [-0.25, -0.2) is 4.39 Å². The molecule has 0 saturated carbocycles. The van der Waals surface area contributed by atoms with Crippen molar-refractivity contribution < 1.29 is 18.7 Å². The lowest BCUT2D eigenvalue weighted by Crippen LogP contribution is -2.46. The molecule has 3 rings (SSSR count). The van der Waals surface area contributed by atoms with Crippen LogP contribution in [-0.2, 0) is 4.79 Å². The van der Waals surface area contributed by atoms with E-state index >= 15 is 0 Å². The highest BCUT2D eigenvalue weighted by molar-refractivity contribution is 7.80. The molecule has 0 atom stereocenters. The van der Waals surface area contributed by atoms with Crippen LogP contribution in [0.2, 0.25) is 5.02 Å². The fourth-order valence-electron chi connectivity index (χ4n) is 2.44. The average molecular weight is 481 g/mol. The standard InChI is InChI=1S/C20H18ClFN4O3S2/c1-26(2)20(30)25-24-19(28)18-17(21)14-8-7-13(9-15(14)31-18)29-10-16(27)23-12-5-3-11(22)4-6-12/h3-9H,10H2,1-2H3,(H,23,27)(H,24,28)(H,25,30). The maximum absolute atomic E-state index is 12.9. The second kappa shape index (κ2) is 9.90. The molecular formula is C20H18ClFN4O3S2. The van der Waals surface area contributed by atoms with Gasteiger partial charge in [0.1, 0.15) is 16.4 Å². The third kappa shape index (κ3) is 5.81. The molecule has 31 heavy (non-hydrogen) atoms. The van der Waals surface area contributed by atoms with E-state index in [9.17, 15) is 14.0 Å². The number of anilines is 1. The van der Waals surface area contributed by atoms with Crippen molar-refractivity contribution in [2.45, 2.75) is 0 Å². The lowest BCUT2D eigenvalue weighted by Gasteiger charge is -2.15. The van der Waals surface area contributed by atoms with E-state index < -0.39 is 5.91 Å². The van der Waals surface area contributed by atoms with Gasteiger partial charge in [-0.05, 0) is 54.7 Å². The Kier molecular flexibility index (Phi) is 7.26. The zero-order valence-electron chi connectivity index (χ0n) is 16.5. The Balaban J connectivity index is 1.64. The van der Waals surface area contributed by atoms with Crippen molar-refractivity contribution in [3.63, 3.8) is 0 Å². The van der Waals surface area contributed by atoms with Crippen LogP contribution in [0.4, 0.5) is 10.1 Å². The molecule has 0 bridgehead atoms. The largest absolute Gasteiger partial charge is 0.484 e. The van der Waals surface area contributed by atoms with Gasteiger partial charge < -0.3 is 15.0 Å². The molecule has 1 aromatic heterocycles. The molecule has 162 valence electrons. The second-order valence-corrected chi connectivity index (χ2v) is 8.34. The van der Waals surface area contributed by atoms with Crippen LogP contribution in [0.5, 0.6) is 5.75 Å². The number of rotatable bonds is 5. The lowest BCUT2D eigenvalue weighted by atomic mass is 10.2. The molecule has 0 unspecified atom stereocenters. The van der Waals surface area contributed by atoms with Gasteiger partial charge in [-0.3, -0.25) is 20.4 Å². The Morgan fingerprint density at radius 3 is 2.55 bits per heavy atom. The topological polar surface area (TPSA) is 82.7 Å². The van der Waals surface area contributed by atoms with E-state index in [1.54, 1.807) is 37.2 Å². The van der Waals surface area contributed by atoms with Crippen molar-refractivity contribution in [1.29, 1.82) is 0 Å². The summed E-state index contributed by atoms with van der Waals surface area (Å²) in [4.78, 5) is 26.4. The first-order chi connectivity index (χ1) is 14.7.